The number of rotatable bonds is 7. The van der Waals surface area contributed by atoms with Crippen molar-refractivity contribution >= 4 is 27.7 Å². The van der Waals surface area contributed by atoms with E-state index >= 15 is 0 Å². The molecule has 0 N–H and O–H groups in total. The molecule has 10 heteroatoms. The molecule has 0 aromatic heterocycles. The summed E-state index contributed by atoms with van der Waals surface area (Å²) in [6, 6.07) is 14.5. The molecule has 2 amide bonds. The van der Waals surface area contributed by atoms with Gasteiger partial charge in [0.1, 0.15) is 12.3 Å². The van der Waals surface area contributed by atoms with Crippen LogP contribution in [0, 0.1) is 0 Å². The molecule has 32 heavy (non-hydrogen) atoms. The fraction of sp³-hybridized carbons (Fsp3) is 0.364. The average Bonchev–Trinajstić information content (AvgIpc) is 2.83. The van der Waals surface area contributed by atoms with Crippen LogP contribution in [0.25, 0.3) is 0 Å². The third-order valence-electron chi connectivity index (χ3n) is 5.13. The van der Waals surface area contributed by atoms with Crippen LogP contribution in [-0.4, -0.2) is 76.7 Å². The minimum absolute atomic E-state index is 0.0575. The van der Waals surface area contributed by atoms with Gasteiger partial charge in [-0.1, -0.05) is 18.2 Å². The topological polar surface area (TPSA) is 96.5 Å². The number of carbonyl (C=O) groups is 2. The summed E-state index contributed by atoms with van der Waals surface area (Å²) in [6.45, 7) is 2.96. The van der Waals surface area contributed by atoms with Crippen LogP contribution in [0.15, 0.2) is 59.5 Å². The first kappa shape index (κ1) is 23.4. The molecule has 0 atom stereocenters. The number of anilines is 1. The molecule has 0 bridgehead atoms. The van der Waals surface area contributed by atoms with Gasteiger partial charge in [-0.3, -0.25) is 9.10 Å². The zero-order chi connectivity index (χ0) is 23.1. The number of hydrogen-bond donors (Lipinski definition) is 0. The van der Waals surface area contributed by atoms with Crippen molar-refractivity contribution in [1.29, 1.82) is 0 Å². The lowest BCUT2D eigenvalue weighted by atomic mass is 10.3. The third-order valence-corrected chi connectivity index (χ3v) is 6.92. The molecule has 1 aliphatic heterocycles. The summed E-state index contributed by atoms with van der Waals surface area (Å²) in [5, 5.41) is 0. The van der Waals surface area contributed by atoms with Crippen LogP contribution < -0.4 is 9.04 Å². The van der Waals surface area contributed by atoms with Crippen LogP contribution in [0.3, 0.4) is 0 Å². The molecule has 0 radical (unpaired) electrons. The number of piperazine rings is 1. The van der Waals surface area contributed by atoms with E-state index in [0.29, 0.717) is 37.6 Å². The second-order valence-corrected chi connectivity index (χ2v) is 8.95. The van der Waals surface area contributed by atoms with Gasteiger partial charge in [-0.15, -0.1) is 0 Å². The van der Waals surface area contributed by atoms with E-state index < -0.39 is 16.1 Å². The molecule has 0 aliphatic carbocycles. The van der Waals surface area contributed by atoms with Gasteiger partial charge in [0.05, 0.1) is 24.3 Å². The number of carbonyl (C=O) groups excluding carboxylic acids is 2. The monoisotopic (exact) mass is 461 g/mol. The van der Waals surface area contributed by atoms with Crippen molar-refractivity contribution in [3.8, 4) is 5.75 Å². The number of para-hydroxylation sites is 1. The molecule has 0 spiro atoms. The Balaban J connectivity index is 1.78. The van der Waals surface area contributed by atoms with Crippen molar-refractivity contribution in [2.45, 2.75) is 11.8 Å². The summed E-state index contributed by atoms with van der Waals surface area (Å²) in [7, 11) is -2.50. The molecule has 0 saturated carbocycles. The van der Waals surface area contributed by atoms with Crippen LogP contribution in [0.2, 0.25) is 0 Å². The van der Waals surface area contributed by atoms with Gasteiger partial charge in [-0.25, -0.2) is 13.2 Å². The molecule has 1 fully saturated rings. The van der Waals surface area contributed by atoms with E-state index in [2.05, 4.69) is 0 Å². The molecule has 3 rings (SSSR count). The first-order chi connectivity index (χ1) is 15.4. The van der Waals surface area contributed by atoms with Crippen molar-refractivity contribution in [2.75, 3.05) is 50.7 Å². The number of methoxy groups -OCH3 is 1. The highest BCUT2D eigenvalue weighted by molar-refractivity contribution is 7.92. The van der Waals surface area contributed by atoms with E-state index in [0.717, 1.165) is 4.31 Å². The standard InChI is InChI=1S/C22H27N3O6S/c1-3-31-22(27)24-15-13-23(14-16-24)21(26)17-25(18-7-5-4-6-8-18)32(28,29)20-11-9-19(30-2)10-12-20/h4-12H,3,13-17H2,1-2H3. The minimum Gasteiger partial charge on any atom is -0.497 e. The molecule has 1 saturated heterocycles. The van der Waals surface area contributed by atoms with Crippen LogP contribution in [0.1, 0.15) is 6.92 Å². The van der Waals surface area contributed by atoms with Crippen molar-refractivity contribution in [3.05, 3.63) is 54.6 Å². The summed E-state index contributed by atoms with van der Waals surface area (Å²) < 4.78 is 38.0. The first-order valence-electron chi connectivity index (χ1n) is 10.3. The Morgan fingerprint density at radius 2 is 1.53 bits per heavy atom. The maximum Gasteiger partial charge on any atom is 0.409 e. The van der Waals surface area contributed by atoms with E-state index in [4.69, 9.17) is 9.47 Å². The number of benzene rings is 2. The van der Waals surface area contributed by atoms with Crippen molar-refractivity contribution in [3.63, 3.8) is 0 Å². The summed E-state index contributed by atoms with van der Waals surface area (Å²) >= 11 is 0. The van der Waals surface area contributed by atoms with E-state index in [1.807, 2.05) is 0 Å². The molecule has 1 aliphatic rings. The number of nitrogens with zero attached hydrogens (tertiary/aromatic N) is 3. The Hall–Kier alpha value is -3.27. The molecule has 172 valence electrons. The van der Waals surface area contributed by atoms with Gasteiger partial charge >= 0.3 is 6.09 Å². The summed E-state index contributed by atoms with van der Waals surface area (Å²) in [4.78, 5) is 28.1. The lowest BCUT2D eigenvalue weighted by molar-refractivity contribution is -0.131. The molecule has 1 heterocycles. The van der Waals surface area contributed by atoms with Gasteiger partial charge in [-0.05, 0) is 43.3 Å². The maximum atomic E-state index is 13.4. The van der Waals surface area contributed by atoms with Crippen molar-refractivity contribution < 1.29 is 27.5 Å². The smallest absolute Gasteiger partial charge is 0.409 e. The molecule has 2 aromatic rings. The lowest BCUT2D eigenvalue weighted by Crippen LogP contribution is -2.53. The Morgan fingerprint density at radius 1 is 0.938 bits per heavy atom. The quantitative estimate of drug-likeness (QED) is 0.627. The Morgan fingerprint density at radius 3 is 2.09 bits per heavy atom. The predicted octanol–water partition coefficient (Wildman–Crippen LogP) is 2.19. The fourth-order valence-electron chi connectivity index (χ4n) is 3.36. The third kappa shape index (κ3) is 5.31. The van der Waals surface area contributed by atoms with Crippen LogP contribution in [-0.2, 0) is 19.6 Å². The Labute approximate surface area is 188 Å². The Kier molecular flexibility index (Phi) is 7.57. The highest BCUT2D eigenvalue weighted by Crippen LogP contribution is 2.25. The average molecular weight is 462 g/mol. The van der Waals surface area contributed by atoms with Gasteiger partial charge in [0.15, 0.2) is 0 Å². The first-order valence-corrected chi connectivity index (χ1v) is 11.7. The SMILES string of the molecule is CCOC(=O)N1CCN(C(=O)CN(c2ccccc2)S(=O)(=O)c2ccc(OC)cc2)CC1. The van der Waals surface area contributed by atoms with E-state index in [1.165, 1.54) is 24.1 Å². The highest BCUT2D eigenvalue weighted by Gasteiger charge is 2.31. The lowest BCUT2D eigenvalue weighted by Gasteiger charge is -2.35. The van der Waals surface area contributed by atoms with Crippen molar-refractivity contribution in [2.24, 2.45) is 0 Å². The van der Waals surface area contributed by atoms with E-state index in [-0.39, 0.29) is 24.0 Å². The second-order valence-electron chi connectivity index (χ2n) is 7.09. The highest BCUT2D eigenvalue weighted by atomic mass is 32.2. The van der Waals surface area contributed by atoms with E-state index in [9.17, 15) is 18.0 Å². The molecule has 0 unspecified atom stereocenters. The van der Waals surface area contributed by atoms with Gasteiger partial charge in [0.2, 0.25) is 5.91 Å². The summed E-state index contributed by atoms with van der Waals surface area (Å²) in [6.07, 6.45) is -0.410. The number of ether oxygens (including phenoxy) is 2. The largest absolute Gasteiger partial charge is 0.497 e. The summed E-state index contributed by atoms with van der Waals surface area (Å²) in [5.41, 5.74) is 0.391. The number of sulfonamides is 1. The van der Waals surface area contributed by atoms with Crippen molar-refractivity contribution in [1.82, 2.24) is 9.80 Å². The molecule has 2 aromatic carbocycles. The number of amides is 2. The van der Waals surface area contributed by atoms with Gasteiger partial charge in [0, 0.05) is 26.2 Å². The second kappa shape index (κ2) is 10.4. The van der Waals surface area contributed by atoms with Crippen LogP contribution >= 0.6 is 0 Å². The van der Waals surface area contributed by atoms with Crippen LogP contribution in [0.4, 0.5) is 10.5 Å². The normalized spacial score (nSPS) is 14.1. The molecular weight excluding hydrogens is 434 g/mol. The number of hydrogen-bond acceptors (Lipinski definition) is 6. The Bertz CT molecular complexity index is 1020. The zero-order valence-corrected chi connectivity index (χ0v) is 19.0. The maximum absolute atomic E-state index is 13.4. The fourth-order valence-corrected chi connectivity index (χ4v) is 4.77. The molecular formula is C22H27N3O6S. The van der Waals surface area contributed by atoms with E-state index in [1.54, 1.807) is 54.3 Å². The minimum atomic E-state index is -4.00. The van der Waals surface area contributed by atoms with Crippen LogP contribution in [0.5, 0.6) is 5.75 Å². The zero-order valence-electron chi connectivity index (χ0n) is 18.1. The predicted molar refractivity (Wildman–Crippen MR) is 119 cm³/mol. The van der Waals surface area contributed by atoms with Gasteiger partial charge < -0.3 is 19.3 Å². The van der Waals surface area contributed by atoms with Gasteiger partial charge in [-0.2, -0.15) is 0 Å². The van der Waals surface area contributed by atoms with Gasteiger partial charge in [0.25, 0.3) is 10.0 Å². The summed E-state index contributed by atoms with van der Waals surface area (Å²) in [5.74, 6) is 0.195. The molecule has 9 nitrogen and oxygen atoms in total.